The Hall–Kier alpha value is -5.17. The molecule has 0 radical (unpaired) electrons. The fraction of sp³-hybridized carbons (Fsp3) is 0.258. The summed E-state index contributed by atoms with van der Waals surface area (Å²) in [5, 5.41) is 4.31. The number of benzene rings is 2. The van der Waals surface area contributed by atoms with E-state index in [1.54, 1.807) is 19.4 Å². The minimum absolute atomic E-state index is 0.0220. The number of aryl methyl sites for hydroxylation is 2. The highest BCUT2D eigenvalue weighted by Crippen LogP contribution is 2.32. The lowest BCUT2D eigenvalue weighted by atomic mass is 10.1. The number of imidazole rings is 1. The molecular formula is C31H30N8O2. The van der Waals surface area contributed by atoms with Gasteiger partial charge in [-0.1, -0.05) is 5.92 Å². The van der Waals surface area contributed by atoms with Crippen molar-refractivity contribution in [2.75, 3.05) is 29.9 Å². The minimum atomic E-state index is -0.132. The van der Waals surface area contributed by atoms with Crippen LogP contribution in [0.4, 0.5) is 17.3 Å². The van der Waals surface area contributed by atoms with Gasteiger partial charge < -0.3 is 24.4 Å². The first-order valence-electron chi connectivity index (χ1n) is 13.5. The molecule has 0 bridgehead atoms. The van der Waals surface area contributed by atoms with Crippen LogP contribution in [0.25, 0.3) is 21.9 Å². The Balaban J connectivity index is 1.21. The van der Waals surface area contributed by atoms with Crippen molar-refractivity contribution in [3.05, 3.63) is 66.9 Å². The van der Waals surface area contributed by atoms with Crippen LogP contribution < -0.4 is 15.0 Å². The molecule has 5 aromatic rings. The van der Waals surface area contributed by atoms with Crippen LogP contribution >= 0.6 is 0 Å². The van der Waals surface area contributed by atoms with Gasteiger partial charge in [-0.2, -0.15) is 0 Å². The van der Waals surface area contributed by atoms with Gasteiger partial charge >= 0.3 is 0 Å². The van der Waals surface area contributed by atoms with E-state index in [0.717, 1.165) is 50.5 Å². The van der Waals surface area contributed by atoms with Gasteiger partial charge in [-0.25, -0.2) is 19.9 Å². The first kappa shape index (κ1) is 26.1. The lowest BCUT2D eigenvalue weighted by Crippen LogP contribution is -2.54. The molecule has 1 saturated heterocycles. The lowest BCUT2D eigenvalue weighted by Gasteiger charge is -2.39. The first-order valence-corrected chi connectivity index (χ1v) is 13.5. The summed E-state index contributed by atoms with van der Waals surface area (Å²) in [7, 11) is 1.97. The van der Waals surface area contributed by atoms with Crippen LogP contribution in [0, 0.1) is 18.8 Å². The number of rotatable bonds is 5. The number of ether oxygens (including phenoxy) is 1. The Morgan fingerprint density at radius 2 is 1.93 bits per heavy atom. The van der Waals surface area contributed by atoms with Crippen molar-refractivity contribution < 1.29 is 9.53 Å². The number of nitrogens with zero attached hydrogens (tertiary/aromatic N) is 7. The van der Waals surface area contributed by atoms with Crippen LogP contribution in [0.1, 0.15) is 19.4 Å². The van der Waals surface area contributed by atoms with E-state index in [0.29, 0.717) is 25.5 Å². The maximum Gasteiger partial charge on any atom is 0.298 e. The van der Waals surface area contributed by atoms with E-state index in [9.17, 15) is 4.79 Å². The van der Waals surface area contributed by atoms with Gasteiger partial charge in [0.25, 0.3) is 5.91 Å². The van der Waals surface area contributed by atoms with Crippen molar-refractivity contribution in [1.82, 2.24) is 29.4 Å². The number of amides is 1. The maximum atomic E-state index is 12.3. The molecule has 6 rings (SSSR count). The van der Waals surface area contributed by atoms with E-state index < -0.39 is 0 Å². The quantitative estimate of drug-likeness (QED) is 0.313. The molecule has 1 fully saturated rings. The predicted molar refractivity (Wildman–Crippen MR) is 159 cm³/mol. The Kier molecular flexibility index (Phi) is 6.85. The van der Waals surface area contributed by atoms with Crippen molar-refractivity contribution >= 4 is 45.2 Å². The van der Waals surface area contributed by atoms with Crippen LogP contribution in [0.2, 0.25) is 0 Å². The largest absolute Gasteiger partial charge is 0.457 e. The third kappa shape index (κ3) is 5.22. The van der Waals surface area contributed by atoms with Crippen molar-refractivity contribution in [3.63, 3.8) is 0 Å². The predicted octanol–water partition coefficient (Wildman–Crippen LogP) is 4.82. The smallest absolute Gasteiger partial charge is 0.298 e. The monoisotopic (exact) mass is 546 g/mol. The molecule has 0 aliphatic carbocycles. The summed E-state index contributed by atoms with van der Waals surface area (Å²) in [6, 6.07) is 13.9. The minimum Gasteiger partial charge on any atom is -0.457 e. The van der Waals surface area contributed by atoms with E-state index in [1.165, 1.54) is 6.33 Å². The van der Waals surface area contributed by atoms with Gasteiger partial charge in [0.2, 0.25) is 0 Å². The molecule has 1 aliphatic heterocycles. The number of hydrogen-bond acceptors (Lipinski definition) is 8. The zero-order valence-electron chi connectivity index (χ0n) is 23.4. The topological polar surface area (TPSA) is 101 Å². The zero-order valence-corrected chi connectivity index (χ0v) is 23.4. The summed E-state index contributed by atoms with van der Waals surface area (Å²) in [6.45, 7) is 7.65. The van der Waals surface area contributed by atoms with Crippen molar-refractivity contribution in [2.24, 2.45) is 7.05 Å². The number of aromatic nitrogens is 5. The van der Waals surface area contributed by atoms with Crippen LogP contribution in [-0.2, 0) is 11.8 Å². The SMILES string of the molecule is CC#CC(=O)N1CCN(c2cc3c(Nc4ccc(Oc5ccc6c(c5)ncn6C)c(C)c4)ncnc3cn2)C[C@H]1C. The highest BCUT2D eigenvalue weighted by atomic mass is 16.5. The van der Waals surface area contributed by atoms with Crippen molar-refractivity contribution in [1.29, 1.82) is 0 Å². The Labute approximate surface area is 238 Å². The molecule has 0 spiro atoms. The molecule has 1 N–H and O–H groups in total. The summed E-state index contributed by atoms with van der Waals surface area (Å²) in [5.41, 5.74) is 4.55. The lowest BCUT2D eigenvalue weighted by molar-refractivity contribution is -0.127. The Morgan fingerprint density at radius 1 is 1.05 bits per heavy atom. The summed E-state index contributed by atoms with van der Waals surface area (Å²) >= 11 is 0. The molecule has 41 heavy (non-hydrogen) atoms. The molecule has 10 nitrogen and oxygen atoms in total. The molecule has 3 aromatic heterocycles. The number of piperazine rings is 1. The molecule has 1 aliphatic rings. The number of nitrogens with one attached hydrogen (secondary N) is 1. The van der Waals surface area contributed by atoms with Gasteiger partial charge in [0.05, 0.1) is 29.1 Å². The summed E-state index contributed by atoms with van der Waals surface area (Å²) < 4.78 is 8.16. The third-order valence-corrected chi connectivity index (χ3v) is 7.31. The van der Waals surface area contributed by atoms with E-state index in [1.807, 2.05) is 72.8 Å². The van der Waals surface area contributed by atoms with Crippen LogP contribution in [-0.4, -0.2) is 61.0 Å². The fourth-order valence-electron chi connectivity index (χ4n) is 5.15. The van der Waals surface area contributed by atoms with Crippen molar-refractivity contribution in [3.8, 4) is 23.3 Å². The molecule has 10 heteroatoms. The molecule has 2 aromatic carbocycles. The van der Waals surface area contributed by atoms with Crippen LogP contribution in [0.5, 0.6) is 11.5 Å². The second-order valence-corrected chi connectivity index (χ2v) is 10.2. The molecule has 0 saturated carbocycles. The summed E-state index contributed by atoms with van der Waals surface area (Å²) in [4.78, 5) is 34.3. The second-order valence-electron chi connectivity index (χ2n) is 10.2. The summed E-state index contributed by atoms with van der Waals surface area (Å²) in [6.07, 6.45) is 5.09. The number of anilines is 3. The Morgan fingerprint density at radius 3 is 2.73 bits per heavy atom. The second kappa shape index (κ2) is 10.8. The summed E-state index contributed by atoms with van der Waals surface area (Å²) in [5.74, 6) is 8.22. The van der Waals surface area contributed by atoms with Gasteiger partial charge in [0.1, 0.15) is 29.5 Å². The van der Waals surface area contributed by atoms with E-state index in [4.69, 9.17) is 4.74 Å². The fourth-order valence-corrected chi connectivity index (χ4v) is 5.15. The van der Waals surface area contributed by atoms with Crippen LogP contribution in [0.3, 0.4) is 0 Å². The number of carbonyl (C=O) groups is 1. The number of hydrogen-bond donors (Lipinski definition) is 1. The molecule has 4 heterocycles. The normalized spacial score (nSPS) is 15.1. The van der Waals surface area contributed by atoms with Gasteiger partial charge in [0, 0.05) is 49.9 Å². The Bertz CT molecular complexity index is 1840. The van der Waals surface area contributed by atoms with Gasteiger partial charge in [0.15, 0.2) is 0 Å². The van der Waals surface area contributed by atoms with E-state index >= 15 is 0 Å². The van der Waals surface area contributed by atoms with E-state index in [-0.39, 0.29) is 11.9 Å². The zero-order chi connectivity index (χ0) is 28.5. The highest BCUT2D eigenvalue weighted by molar-refractivity contribution is 5.94. The average Bonchev–Trinajstić information content (AvgIpc) is 3.34. The standard InChI is InChI=1S/C31H30N8O2/c1-5-6-30(40)39-12-11-38(17-21(39)3)29-15-24-26(16-32-29)33-18-34-31(24)36-22-7-10-28(20(2)13-22)41-23-8-9-27-25(14-23)35-19-37(27)4/h7-10,13-16,18-19,21H,11-12,17H2,1-4H3,(H,33,34,36)/t21-/m1/s1. The number of pyridine rings is 1. The average molecular weight is 547 g/mol. The molecule has 0 unspecified atom stereocenters. The third-order valence-electron chi connectivity index (χ3n) is 7.31. The molecular weight excluding hydrogens is 516 g/mol. The molecule has 1 amide bonds. The first-order chi connectivity index (χ1) is 19.9. The number of carbonyl (C=O) groups excluding carboxylic acids is 1. The van der Waals surface area contributed by atoms with Crippen molar-refractivity contribution in [2.45, 2.75) is 26.8 Å². The van der Waals surface area contributed by atoms with Gasteiger partial charge in [-0.15, -0.1) is 0 Å². The number of fused-ring (bicyclic) bond motifs is 2. The van der Waals surface area contributed by atoms with Crippen LogP contribution in [0.15, 0.2) is 61.3 Å². The maximum absolute atomic E-state index is 12.3. The molecule has 206 valence electrons. The molecule has 1 atom stereocenters. The van der Waals surface area contributed by atoms with E-state index in [2.05, 4.69) is 42.0 Å². The highest BCUT2D eigenvalue weighted by Gasteiger charge is 2.27. The van der Waals surface area contributed by atoms with Gasteiger partial charge in [-0.3, -0.25) is 4.79 Å². The van der Waals surface area contributed by atoms with Gasteiger partial charge in [-0.05, 0) is 68.7 Å².